The maximum atomic E-state index is 13.4. The number of aromatic nitrogens is 1. The van der Waals surface area contributed by atoms with Crippen molar-refractivity contribution in [2.24, 2.45) is 0 Å². The molecular formula is C28H32FNO5S2. The lowest BCUT2D eigenvalue weighted by molar-refractivity contribution is -0.169. The molecule has 0 amide bonds. The van der Waals surface area contributed by atoms with Crippen molar-refractivity contribution in [1.82, 2.24) is 4.98 Å². The molecule has 2 heterocycles. The van der Waals surface area contributed by atoms with Gasteiger partial charge in [0, 0.05) is 27.7 Å². The Morgan fingerprint density at radius 3 is 2.76 bits per heavy atom. The zero-order chi connectivity index (χ0) is 26.2. The highest BCUT2D eigenvalue weighted by molar-refractivity contribution is 7.98. The fraction of sp³-hybridized carbons (Fsp3) is 0.429. The highest BCUT2D eigenvalue weighted by Crippen LogP contribution is 2.35. The number of thiazole rings is 1. The molecule has 1 fully saturated rings. The number of carbonyl (C=O) groups excluding carboxylic acids is 1. The van der Waals surface area contributed by atoms with E-state index in [0.717, 1.165) is 57.5 Å². The Bertz CT molecular complexity index is 1180. The third-order valence-electron chi connectivity index (χ3n) is 5.85. The van der Waals surface area contributed by atoms with Crippen LogP contribution in [0.3, 0.4) is 0 Å². The van der Waals surface area contributed by atoms with Gasteiger partial charge in [-0.15, -0.1) is 23.1 Å². The van der Waals surface area contributed by atoms with Crippen LogP contribution in [0.25, 0.3) is 10.6 Å². The van der Waals surface area contributed by atoms with E-state index in [1.165, 1.54) is 12.1 Å². The summed E-state index contributed by atoms with van der Waals surface area (Å²) in [6.45, 7) is 6.83. The average molecular weight is 546 g/mol. The van der Waals surface area contributed by atoms with E-state index < -0.39 is 6.10 Å². The first-order chi connectivity index (χ1) is 17.9. The molecule has 2 unspecified atom stereocenters. The second-order valence-electron chi connectivity index (χ2n) is 8.73. The van der Waals surface area contributed by atoms with Gasteiger partial charge < -0.3 is 18.9 Å². The Morgan fingerprint density at radius 1 is 1.24 bits per heavy atom. The maximum Gasteiger partial charge on any atom is 0.347 e. The number of hydrogen-bond donors (Lipinski definition) is 0. The van der Waals surface area contributed by atoms with Crippen molar-refractivity contribution in [3.8, 4) is 16.3 Å². The van der Waals surface area contributed by atoms with Gasteiger partial charge in [0.25, 0.3) is 0 Å². The van der Waals surface area contributed by atoms with Gasteiger partial charge in [-0.1, -0.05) is 0 Å². The second kappa shape index (κ2) is 13.4. The van der Waals surface area contributed by atoms with Gasteiger partial charge >= 0.3 is 5.97 Å². The van der Waals surface area contributed by atoms with Crippen LogP contribution in [-0.2, 0) is 31.4 Å². The molecule has 37 heavy (non-hydrogen) atoms. The molecule has 0 saturated carbocycles. The van der Waals surface area contributed by atoms with E-state index in [1.807, 2.05) is 25.1 Å². The lowest BCUT2D eigenvalue weighted by Gasteiger charge is -2.22. The molecule has 6 nitrogen and oxygen atoms in total. The van der Waals surface area contributed by atoms with E-state index in [1.54, 1.807) is 49.1 Å². The predicted octanol–water partition coefficient (Wildman–Crippen LogP) is 6.92. The topological polar surface area (TPSA) is 66.9 Å². The van der Waals surface area contributed by atoms with Crippen molar-refractivity contribution >= 4 is 29.1 Å². The molecule has 1 aromatic heterocycles. The van der Waals surface area contributed by atoms with Crippen LogP contribution in [0.4, 0.5) is 4.39 Å². The summed E-state index contributed by atoms with van der Waals surface area (Å²) in [5, 5.41) is 0.839. The fourth-order valence-corrected chi connectivity index (χ4v) is 6.00. The third-order valence-corrected chi connectivity index (χ3v) is 8.20. The zero-order valence-corrected chi connectivity index (χ0v) is 23.0. The normalized spacial score (nSPS) is 16.4. The molecule has 2 atom stereocenters. The lowest BCUT2D eigenvalue weighted by atomic mass is 10.2. The number of ether oxygens (including phenoxy) is 4. The SMILES string of the molecule is CCOC(=O)C(C)Oc1ccc(SCc2sc(-c3ccc(F)cc3)nc2COC2CCCCO2)cc1C. The van der Waals surface area contributed by atoms with Crippen LogP contribution >= 0.6 is 23.1 Å². The highest BCUT2D eigenvalue weighted by atomic mass is 32.2. The van der Waals surface area contributed by atoms with E-state index in [9.17, 15) is 9.18 Å². The van der Waals surface area contributed by atoms with Crippen molar-refractivity contribution in [3.05, 3.63) is 64.4 Å². The Hall–Kier alpha value is -2.46. The van der Waals surface area contributed by atoms with Crippen molar-refractivity contribution < 1.29 is 28.1 Å². The summed E-state index contributed by atoms with van der Waals surface area (Å²) in [6, 6.07) is 12.3. The maximum absolute atomic E-state index is 13.4. The third kappa shape index (κ3) is 7.77. The minimum atomic E-state index is -0.671. The summed E-state index contributed by atoms with van der Waals surface area (Å²) in [6.07, 6.45) is 2.19. The van der Waals surface area contributed by atoms with E-state index >= 15 is 0 Å². The van der Waals surface area contributed by atoms with Crippen LogP contribution in [0.5, 0.6) is 5.75 Å². The molecule has 0 spiro atoms. The molecule has 0 radical (unpaired) electrons. The van der Waals surface area contributed by atoms with Crippen molar-refractivity contribution in [2.45, 2.75) is 69.7 Å². The summed E-state index contributed by atoms with van der Waals surface area (Å²) in [4.78, 5) is 18.9. The van der Waals surface area contributed by atoms with Crippen LogP contribution < -0.4 is 4.74 Å². The van der Waals surface area contributed by atoms with Gasteiger partial charge in [-0.25, -0.2) is 14.2 Å². The zero-order valence-electron chi connectivity index (χ0n) is 21.3. The van der Waals surface area contributed by atoms with E-state index in [0.29, 0.717) is 24.7 Å². The monoisotopic (exact) mass is 545 g/mol. The largest absolute Gasteiger partial charge is 0.479 e. The Labute approximate surface area is 225 Å². The summed E-state index contributed by atoms with van der Waals surface area (Å²) < 4.78 is 36.0. The smallest absolute Gasteiger partial charge is 0.347 e. The number of nitrogens with zero attached hydrogens (tertiary/aromatic N) is 1. The molecule has 4 rings (SSSR count). The van der Waals surface area contributed by atoms with Gasteiger partial charge in [0.1, 0.15) is 16.6 Å². The molecule has 9 heteroatoms. The van der Waals surface area contributed by atoms with Gasteiger partial charge in [-0.05, 0) is 88.1 Å². The van der Waals surface area contributed by atoms with Crippen LogP contribution in [-0.4, -0.2) is 36.6 Å². The lowest BCUT2D eigenvalue weighted by Crippen LogP contribution is -2.26. The second-order valence-corrected chi connectivity index (χ2v) is 10.9. The average Bonchev–Trinajstić information content (AvgIpc) is 3.31. The first-order valence-corrected chi connectivity index (χ1v) is 14.3. The Morgan fingerprint density at radius 2 is 2.05 bits per heavy atom. The number of aryl methyl sites for hydroxylation is 1. The van der Waals surface area contributed by atoms with E-state index in [4.69, 9.17) is 23.9 Å². The minimum absolute atomic E-state index is 0.197. The number of hydrogen-bond acceptors (Lipinski definition) is 8. The number of benzene rings is 2. The van der Waals surface area contributed by atoms with Crippen LogP contribution in [0.2, 0.25) is 0 Å². The summed E-state index contributed by atoms with van der Waals surface area (Å²) in [7, 11) is 0. The van der Waals surface area contributed by atoms with Gasteiger partial charge in [-0.3, -0.25) is 0 Å². The molecule has 0 aliphatic carbocycles. The van der Waals surface area contributed by atoms with E-state index in [-0.39, 0.29) is 18.1 Å². The predicted molar refractivity (Wildman–Crippen MR) is 143 cm³/mol. The highest BCUT2D eigenvalue weighted by Gasteiger charge is 2.19. The first-order valence-electron chi connectivity index (χ1n) is 12.5. The van der Waals surface area contributed by atoms with Gasteiger partial charge in [-0.2, -0.15) is 0 Å². The Kier molecular flexibility index (Phi) is 9.96. The number of rotatable bonds is 11. The molecule has 2 aromatic carbocycles. The molecular weight excluding hydrogens is 513 g/mol. The van der Waals surface area contributed by atoms with Crippen molar-refractivity contribution in [2.75, 3.05) is 13.2 Å². The standard InChI is InChI=1S/C28H32FNO5S2/c1-4-32-28(31)19(3)35-24-13-12-22(15-18(24)2)36-17-25-23(16-34-26-7-5-6-14-33-26)30-27(37-25)20-8-10-21(29)11-9-20/h8-13,15,19,26H,4-7,14,16-17H2,1-3H3. The molecule has 3 aromatic rings. The summed E-state index contributed by atoms with van der Waals surface area (Å²) in [5.41, 5.74) is 2.70. The van der Waals surface area contributed by atoms with Crippen molar-refractivity contribution in [1.29, 1.82) is 0 Å². The van der Waals surface area contributed by atoms with Crippen molar-refractivity contribution in [3.63, 3.8) is 0 Å². The van der Waals surface area contributed by atoms with Crippen LogP contribution in [0, 0.1) is 12.7 Å². The number of thioether (sulfide) groups is 1. The fourth-order valence-electron chi connectivity index (χ4n) is 3.83. The summed E-state index contributed by atoms with van der Waals surface area (Å²) in [5.74, 6) is 0.717. The number of halogens is 1. The molecule has 1 aliphatic heterocycles. The number of carbonyl (C=O) groups is 1. The molecule has 1 aliphatic rings. The molecule has 0 bridgehead atoms. The Balaban J connectivity index is 1.45. The van der Waals surface area contributed by atoms with Gasteiger partial charge in [0.15, 0.2) is 12.4 Å². The van der Waals surface area contributed by atoms with E-state index in [2.05, 4.69) is 0 Å². The molecule has 198 valence electrons. The van der Waals surface area contributed by atoms with Crippen LogP contribution in [0.1, 0.15) is 49.2 Å². The molecule has 1 saturated heterocycles. The molecule has 0 N–H and O–H groups in total. The van der Waals surface area contributed by atoms with Gasteiger partial charge in [0.2, 0.25) is 0 Å². The first kappa shape index (κ1) is 27.6. The summed E-state index contributed by atoms with van der Waals surface area (Å²) >= 11 is 3.29. The van der Waals surface area contributed by atoms with Crippen LogP contribution in [0.15, 0.2) is 47.4 Å². The minimum Gasteiger partial charge on any atom is -0.479 e. The number of esters is 1. The van der Waals surface area contributed by atoms with Gasteiger partial charge in [0.05, 0.1) is 18.9 Å². The quantitative estimate of drug-likeness (QED) is 0.191.